The van der Waals surface area contributed by atoms with Crippen LogP contribution in [0.2, 0.25) is 0 Å². The van der Waals surface area contributed by atoms with Crippen molar-refractivity contribution in [1.82, 2.24) is 9.97 Å². The van der Waals surface area contributed by atoms with E-state index < -0.39 is 11.9 Å². The molecule has 1 aromatic heterocycles. The Morgan fingerprint density at radius 1 is 1.23 bits per heavy atom. The zero-order chi connectivity index (χ0) is 16.1. The molecule has 0 saturated heterocycles. The monoisotopic (exact) mass is 299 g/mol. The SMILES string of the molecule is COc1cc(OC)nc(C(C#N)c2ccccc2C(=O)O)n1. The summed E-state index contributed by atoms with van der Waals surface area (Å²) in [6, 6.07) is 9.75. The van der Waals surface area contributed by atoms with Crippen LogP contribution in [0, 0.1) is 11.3 Å². The van der Waals surface area contributed by atoms with Gasteiger partial charge in [0.2, 0.25) is 11.8 Å². The molecule has 1 heterocycles. The Balaban J connectivity index is 2.59. The summed E-state index contributed by atoms with van der Waals surface area (Å²) < 4.78 is 10.1. The molecule has 0 aliphatic carbocycles. The first-order valence-electron chi connectivity index (χ1n) is 6.29. The normalized spacial score (nSPS) is 11.3. The van der Waals surface area contributed by atoms with Crippen LogP contribution in [0.5, 0.6) is 11.8 Å². The molecule has 2 rings (SSSR count). The van der Waals surface area contributed by atoms with Crippen LogP contribution in [0.1, 0.15) is 27.7 Å². The molecule has 0 aliphatic heterocycles. The van der Waals surface area contributed by atoms with Crippen LogP contribution in [0.3, 0.4) is 0 Å². The minimum absolute atomic E-state index is 0.0273. The number of carboxylic acid groups (broad SMARTS) is 1. The summed E-state index contributed by atoms with van der Waals surface area (Å²) in [4.78, 5) is 19.6. The molecule has 0 aliphatic rings. The lowest BCUT2D eigenvalue weighted by molar-refractivity contribution is 0.0695. The number of hydrogen-bond acceptors (Lipinski definition) is 6. The van der Waals surface area contributed by atoms with Crippen LogP contribution >= 0.6 is 0 Å². The summed E-state index contributed by atoms with van der Waals surface area (Å²) in [6.07, 6.45) is 0. The fourth-order valence-electron chi connectivity index (χ4n) is 1.97. The third kappa shape index (κ3) is 2.96. The Morgan fingerprint density at radius 2 is 1.82 bits per heavy atom. The molecule has 0 spiro atoms. The number of benzene rings is 1. The molecule has 1 atom stereocenters. The predicted octanol–water partition coefficient (Wildman–Crippen LogP) is 1.85. The Kier molecular flexibility index (Phi) is 4.53. The van der Waals surface area contributed by atoms with Crippen LogP contribution in [-0.4, -0.2) is 35.3 Å². The summed E-state index contributed by atoms with van der Waals surface area (Å²) in [6.45, 7) is 0. The highest BCUT2D eigenvalue weighted by Crippen LogP contribution is 2.27. The Hall–Kier alpha value is -3.14. The summed E-state index contributed by atoms with van der Waals surface area (Å²) in [5, 5.41) is 18.7. The number of aromatic carboxylic acids is 1. The molecule has 112 valence electrons. The number of aromatic nitrogens is 2. The van der Waals surface area contributed by atoms with Gasteiger partial charge in [0.15, 0.2) is 5.82 Å². The molecule has 1 aromatic carbocycles. The summed E-state index contributed by atoms with van der Waals surface area (Å²) in [5.74, 6) is -1.49. The number of rotatable bonds is 5. The number of nitriles is 1. The summed E-state index contributed by atoms with van der Waals surface area (Å²) in [5.41, 5.74) is 0.340. The van der Waals surface area contributed by atoms with Gasteiger partial charge < -0.3 is 14.6 Å². The van der Waals surface area contributed by atoms with Crippen molar-refractivity contribution in [3.8, 4) is 17.8 Å². The van der Waals surface area contributed by atoms with Gasteiger partial charge in [-0.2, -0.15) is 15.2 Å². The van der Waals surface area contributed by atoms with Crippen LogP contribution < -0.4 is 9.47 Å². The molecule has 1 N–H and O–H groups in total. The standard InChI is InChI=1S/C15H13N3O4/c1-21-12-7-13(22-2)18-14(17-12)11(8-16)9-5-3-4-6-10(9)15(19)20/h3-7,11H,1-2H3,(H,19,20). The van der Waals surface area contributed by atoms with Gasteiger partial charge in [0.1, 0.15) is 5.92 Å². The van der Waals surface area contributed by atoms with E-state index in [4.69, 9.17) is 9.47 Å². The molecule has 2 aromatic rings. The van der Waals surface area contributed by atoms with Crippen molar-refractivity contribution in [3.63, 3.8) is 0 Å². The first kappa shape index (κ1) is 15.3. The highest BCUT2D eigenvalue weighted by molar-refractivity contribution is 5.90. The van der Waals surface area contributed by atoms with Gasteiger partial charge in [0, 0.05) is 0 Å². The molecule has 0 radical (unpaired) electrons. The summed E-state index contributed by atoms with van der Waals surface area (Å²) in [7, 11) is 2.86. The van der Waals surface area contributed by atoms with E-state index in [0.29, 0.717) is 5.56 Å². The van der Waals surface area contributed by atoms with Crippen molar-refractivity contribution in [1.29, 1.82) is 5.26 Å². The average molecular weight is 299 g/mol. The molecule has 7 nitrogen and oxygen atoms in total. The van der Waals surface area contributed by atoms with Gasteiger partial charge in [-0.05, 0) is 11.6 Å². The third-order valence-electron chi connectivity index (χ3n) is 3.00. The van der Waals surface area contributed by atoms with Crippen LogP contribution in [0.25, 0.3) is 0 Å². The van der Waals surface area contributed by atoms with Crippen LogP contribution in [0.4, 0.5) is 0 Å². The maximum absolute atomic E-state index is 11.3. The summed E-state index contributed by atoms with van der Waals surface area (Å²) >= 11 is 0. The van der Waals surface area contributed by atoms with Crippen molar-refractivity contribution in [2.45, 2.75) is 5.92 Å². The van der Waals surface area contributed by atoms with Gasteiger partial charge >= 0.3 is 5.97 Å². The Labute approximate surface area is 126 Å². The fourth-order valence-corrected chi connectivity index (χ4v) is 1.97. The van der Waals surface area contributed by atoms with E-state index in [-0.39, 0.29) is 23.1 Å². The van der Waals surface area contributed by atoms with Gasteiger partial charge in [-0.25, -0.2) is 4.79 Å². The molecule has 0 fully saturated rings. The number of methoxy groups -OCH3 is 2. The topological polar surface area (TPSA) is 105 Å². The van der Waals surface area contributed by atoms with Gasteiger partial charge in [0.25, 0.3) is 0 Å². The van der Waals surface area contributed by atoms with Crippen molar-refractivity contribution < 1.29 is 19.4 Å². The predicted molar refractivity (Wildman–Crippen MR) is 76.0 cm³/mol. The molecule has 0 saturated carbocycles. The smallest absolute Gasteiger partial charge is 0.336 e. The quantitative estimate of drug-likeness (QED) is 0.898. The molecule has 0 bridgehead atoms. The highest BCUT2D eigenvalue weighted by Gasteiger charge is 2.24. The van der Waals surface area contributed by atoms with Gasteiger partial charge in [-0.3, -0.25) is 0 Å². The maximum Gasteiger partial charge on any atom is 0.336 e. The molecule has 7 heteroatoms. The van der Waals surface area contributed by atoms with E-state index >= 15 is 0 Å². The van der Waals surface area contributed by atoms with Crippen molar-refractivity contribution in [2.75, 3.05) is 14.2 Å². The maximum atomic E-state index is 11.3. The van der Waals surface area contributed by atoms with Crippen molar-refractivity contribution in [3.05, 3.63) is 47.3 Å². The first-order valence-corrected chi connectivity index (χ1v) is 6.29. The molecule has 0 amide bonds. The van der Waals surface area contributed by atoms with Crippen molar-refractivity contribution >= 4 is 5.97 Å². The van der Waals surface area contributed by atoms with E-state index in [1.807, 2.05) is 6.07 Å². The minimum Gasteiger partial charge on any atom is -0.481 e. The van der Waals surface area contributed by atoms with Gasteiger partial charge in [0.05, 0.1) is 31.9 Å². The minimum atomic E-state index is -1.12. The van der Waals surface area contributed by atoms with E-state index in [1.54, 1.807) is 18.2 Å². The second kappa shape index (κ2) is 6.54. The third-order valence-corrected chi connectivity index (χ3v) is 3.00. The largest absolute Gasteiger partial charge is 0.481 e. The second-order valence-electron chi connectivity index (χ2n) is 4.27. The van der Waals surface area contributed by atoms with E-state index in [9.17, 15) is 15.2 Å². The highest BCUT2D eigenvalue weighted by atomic mass is 16.5. The first-order chi connectivity index (χ1) is 10.6. The number of nitrogens with zero attached hydrogens (tertiary/aromatic N) is 3. The van der Waals surface area contributed by atoms with Gasteiger partial charge in [-0.15, -0.1) is 0 Å². The van der Waals surface area contributed by atoms with E-state index in [2.05, 4.69) is 9.97 Å². The van der Waals surface area contributed by atoms with Crippen LogP contribution in [-0.2, 0) is 0 Å². The zero-order valence-electron chi connectivity index (χ0n) is 12.0. The molecule has 22 heavy (non-hydrogen) atoms. The Bertz CT molecular complexity index is 718. The number of carboxylic acids is 1. The number of hydrogen-bond donors (Lipinski definition) is 1. The molecular weight excluding hydrogens is 286 g/mol. The number of ether oxygens (including phenoxy) is 2. The zero-order valence-corrected chi connectivity index (χ0v) is 12.0. The molecule has 1 unspecified atom stereocenters. The lowest BCUT2D eigenvalue weighted by Gasteiger charge is -2.13. The van der Waals surface area contributed by atoms with Crippen LogP contribution in [0.15, 0.2) is 30.3 Å². The average Bonchev–Trinajstić information content (AvgIpc) is 2.55. The van der Waals surface area contributed by atoms with Crippen molar-refractivity contribution in [2.24, 2.45) is 0 Å². The van der Waals surface area contributed by atoms with E-state index in [0.717, 1.165) is 0 Å². The lowest BCUT2D eigenvalue weighted by Crippen LogP contribution is -2.11. The van der Waals surface area contributed by atoms with Gasteiger partial charge in [-0.1, -0.05) is 18.2 Å². The molecular formula is C15H13N3O4. The van der Waals surface area contributed by atoms with E-state index in [1.165, 1.54) is 26.4 Å². The fraction of sp³-hybridized carbons (Fsp3) is 0.200. The second-order valence-corrected chi connectivity index (χ2v) is 4.27. The lowest BCUT2D eigenvalue weighted by atomic mass is 9.94. The Morgan fingerprint density at radius 3 is 2.32 bits per heavy atom. The number of carbonyl (C=O) groups is 1.